The Balaban J connectivity index is 1.70. The molecule has 0 bridgehead atoms. The predicted octanol–water partition coefficient (Wildman–Crippen LogP) is 2.52. The summed E-state index contributed by atoms with van der Waals surface area (Å²) in [4.78, 5) is 11.9. The highest BCUT2D eigenvalue weighted by Gasteiger charge is 2.26. The van der Waals surface area contributed by atoms with Crippen LogP contribution in [0.3, 0.4) is 0 Å². The summed E-state index contributed by atoms with van der Waals surface area (Å²) in [7, 11) is -3.94. The molecule has 6 heteroatoms. The van der Waals surface area contributed by atoms with E-state index in [1.807, 2.05) is 0 Å². The molecule has 0 saturated carbocycles. The minimum Gasteiger partial charge on any atom is -0.493 e. The quantitative estimate of drug-likeness (QED) is 0.809. The van der Waals surface area contributed by atoms with Crippen LogP contribution in [0.4, 0.5) is 0 Å². The number of carbonyl (C=O) groups is 1. The molecule has 0 radical (unpaired) electrons. The molecule has 0 unspecified atom stereocenters. The summed E-state index contributed by atoms with van der Waals surface area (Å²) >= 11 is 0. The van der Waals surface area contributed by atoms with E-state index >= 15 is 0 Å². The van der Waals surface area contributed by atoms with Gasteiger partial charge in [-0.3, -0.25) is 4.79 Å². The first-order valence-corrected chi connectivity index (χ1v) is 8.81. The van der Waals surface area contributed by atoms with Gasteiger partial charge < -0.3 is 8.92 Å². The van der Waals surface area contributed by atoms with E-state index in [1.54, 1.807) is 30.3 Å². The number of carbonyl (C=O) groups excluding carboxylic acids is 1. The van der Waals surface area contributed by atoms with Gasteiger partial charge >= 0.3 is 10.1 Å². The van der Waals surface area contributed by atoms with E-state index in [-0.39, 0.29) is 16.4 Å². The molecule has 0 N–H and O–H groups in total. The molecular formula is C17H14O5S. The zero-order chi connectivity index (χ0) is 16.0. The molecule has 0 amide bonds. The van der Waals surface area contributed by atoms with Gasteiger partial charge in [0.25, 0.3) is 0 Å². The standard InChI is InChI=1S/C17H14O5S/c18-15-6-5-14-13(15)2-1-3-17(14)22-23(19,20)12-4-7-16-11(10-12)8-9-21-16/h1-4,7,10H,5-6,8-9H2. The van der Waals surface area contributed by atoms with Gasteiger partial charge in [0, 0.05) is 24.0 Å². The smallest absolute Gasteiger partial charge is 0.339 e. The van der Waals surface area contributed by atoms with E-state index in [2.05, 4.69) is 0 Å². The molecule has 4 rings (SSSR count). The van der Waals surface area contributed by atoms with E-state index < -0.39 is 10.1 Å². The average Bonchev–Trinajstić information content (AvgIpc) is 3.14. The van der Waals surface area contributed by atoms with E-state index in [0.29, 0.717) is 37.0 Å². The second-order valence-corrected chi connectivity index (χ2v) is 7.16. The summed E-state index contributed by atoms with van der Waals surface area (Å²) < 4.78 is 35.8. The maximum absolute atomic E-state index is 12.5. The Kier molecular flexibility index (Phi) is 3.16. The fraction of sp³-hybridized carbons (Fsp3) is 0.235. The van der Waals surface area contributed by atoms with Crippen molar-refractivity contribution < 1.29 is 22.1 Å². The molecule has 1 aliphatic carbocycles. The van der Waals surface area contributed by atoms with Gasteiger partial charge in [-0.2, -0.15) is 8.42 Å². The van der Waals surface area contributed by atoms with Crippen molar-refractivity contribution in [3.05, 3.63) is 53.1 Å². The van der Waals surface area contributed by atoms with Crippen LogP contribution < -0.4 is 8.92 Å². The third-order valence-corrected chi connectivity index (χ3v) is 5.41. The Bertz CT molecular complexity index is 915. The first-order valence-electron chi connectivity index (χ1n) is 7.40. The van der Waals surface area contributed by atoms with Crippen LogP contribution in [0.1, 0.15) is 27.9 Å². The highest BCUT2D eigenvalue weighted by molar-refractivity contribution is 7.87. The summed E-state index contributed by atoms with van der Waals surface area (Å²) in [5.74, 6) is 0.984. The van der Waals surface area contributed by atoms with E-state index in [9.17, 15) is 13.2 Å². The van der Waals surface area contributed by atoms with Crippen molar-refractivity contribution in [2.75, 3.05) is 6.61 Å². The summed E-state index contributed by atoms with van der Waals surface area (Å²) in [5.41, 5.74) is 2.09. The summed E-state index contributed by atoms with van der Waals surface area (Å²) in [5, 5.41) is 0. The molecule has 2 aromatic rings. The van der Waals surface area contributed by atoms with E-state index in [4.69, 9.17) is 8.92 Å². The van der Waals surface area contributed by atoms with Crippen molar-refractivity contribution in [2.45, 2.75) is 24.2 Å². The van der Waals surface area contributed by atoms with Crippen molar-refractivity contribution in [3.63, 3.8) is 0 Å². The fourth-order valence-electron chi connectivity index (χ4n) is 3.02. The van der Waals surface area contributed by atoms with Crippen LogP contribution in [0, 0.1) is 0 Å². The van der Waals surface area contributed by atoms with Crippen molar-refractivity contribution in [3.8, 4) is 11.5 Å². The topological polar surface area (TPSA) is 69.7 Å². The van der Waals surface area contributed by atoms with Gasteiger partial charge in [-0.25, -0.2) is 0 Å². The van der Waals surface area contributed by atoms with Gasteiger partial charge in [0.05, 0.1) is 6.61 Å². The number of fused-ring (bicyclic) bond motifs is 2. The maximum atomic E-state index is 12.5. The monoisotopic (exact) mass is 330 g/mol. The second kappa shape index (κ2) is 5.09. The summed E-state index contributed by atoms with van der Waals surface area (Å²) in [6, 6.07) is 9.66. The zero-order valence-electron chi connectivity index (χ0n) is 12.2. The summed E-state index contributed by atoms with van der Waals surface area (Å²) in [6.07, 6.45) is 1.59. The Morgan fingerprint density at radius 3 is 2.78 bits per heavy atom. The molecule has 2 aliphatic rings. The van der Waals surface area contributed by atoms with Crippen molar-refractivity contribution in [1.29, 1.82) is 0 Å². The molecule has 0 spiro atoms. The Labute approximate surface area is 134 Å². The number of ketones is 1. The molecule has 0 aromatic heterocycles. The number of benzene rings is 2. The van der Waals surface area contributed by atoms with Crippen LogP contribution >= 0.6 is 0 Å². The highest BCUT2D eigenvalue weighted by atomic mass is 32.2. The number of ether oxygens (including phenoxy) is 1. The molecule has 5 nitrogen and oxygen atoms in total. The van der Waals surface area contributed by atoms with Gasteiger partial charge in [-0.1, -0.05) is 12.1 Å². The van der Waals surface area contributed by atoms with Crippen LogP contribution in [0.2, 0.25) is 0 Å². The van der Waals surface area contributed by atoms with E-state index in [1.165, 1.54) is 6.07 Å². The van der Waals surface area contributed by atoms with Crippen LogP contribution in [-0.4, -0.2) is 20.8 Å². The lowest BCUT2D eigenvalue weighted by atomic mass is 10.1. The lowest BCUT2D eigenvalue weighted by Crippen LogP contribution is -2.11. The Morgan fingerprint density at radius 2 is 1.91 bits per heavy atom. The fourth-order valence-corrected chi connectivity index (χ4v) is 4.03. The molecule has 23 heavy (non-hydrogen) atoms. The molecule has 2 aromatic carbocycles. The molecule has 0 saturated heterocycles. The van der Waals surface area contributed by atoms with Crippen molar-refractivity contribution >= 4 is 15.9 Å². The molecule has 1 aliphatic heterocycles. The molecule has 0 atom stereocenters. The summed E-state index contributed by atoms with van der Waals surface area (Å²) in [6.45, 7) is 0.563. The van der Waals surface area contributed by atoms with Crippen molar-refractivity contribution in [2.24, 2.45) is 0 Å². The predicted molar refractivity (Wildman–Crippen MR) is 82.5 cm³/mol. The van der Waals surface area contributed by atoms with Gasteiger partial charge in [0.1, 0.15) is 16.4 Å². The highest BCUT2D eigenvalue weighted by Crippen LogP contribution is 2.33. The largest absolute Gasteiger partial charge is 0.493 e. The molecule has 118 valence electrons. The average molecular weight is 330 g/mol. The SMILES string of the molecule is O=C1CCc2c(OS(=O)(=O)c3ccc4c(c3)CCO4)cccc21. The van der Waals surface area contributed by atoms with E-state index in [0.717, 1.165) is 11.3 Å². The lowest BCUT2D eigenvalue weighted by molar-refractivity contribution is 0.0994. The van der Waals surface area contributed by atoms with Crippen LogP contribution in [0.5, 0.6) is 11.5 Å². The van der Waals surface area contributed by atoms with Gasteiger partial charge in [-0.15, -0.1) is 0 Å². The second-order valence-electron chi connectivity index (χ2n) is 5.61. The minimum atomic E-state index is -3.94. The first-order chi connectivity index (χ1) is 11.0. The number of hydrogen-bond donors (Lipinski definition) is 0. The molecule has 1 heterocycles. The third kappa shape index (κ3) is 2.39. The van der Waals surface area contributed by atoms with Gasteiger partial charge in [-0.05, 0) is 36.2 Å². The number of Topliss-reactive ketones (excluding diaryl/α,β-unsaturated/α-hetero) is 1. The van der Waals surface area contributed by atoms with Crippen LogP contribution in [0.15, 0.2) is 41.3 Å². The Hall–Kier alpha value is -2.34. The molecule has 0 fully saturated rings. The lowest BCUT2D eigenvalue weighted by Gasteiger charge is -2.11. The number of hydrogen-bond acceptors (Lipinski definition) is 5. The third-order valence-electron chi connectivity index (χ3n) is 4.18. The van der Waals surface area contributed by atoms with Crippen LogP contribution in [0.25, 0.3) is 0 Å². The first kappa shape index (κ1) is 14.3. The van der Waals surface area contributed by atoms with Gasteiger partial charge in [0.2, 0.25) is 0 Å². The molecular weight excluding hydrogens is 316 g/mol. The van der Waals surface area contributed by atoms with Crippen LogP contribution in [-0.2, 0) is 23.0 Å². The minimum absolute atomic E-state index is 0.0255. The Morgan fingerprint density at radius 1 is 1.04 bits per heavy atom. The van der Waals surface area contributed by atoms with Gasteiger partial charge in [0.15, 0.2) is 5.78 Å². The maximum Gasteiger partial charge on any atom is 0.339 e. The normalized spacial score (nSPS) is 15.9. The van der Waals surface area contributed by atoms with Crippen molar-refractivity contribution in [1.82, 2.24) is 0 Å². The zero-order valence-corrected chi connectivity index (χ0v) is 13.1. The number of rotatable bonds is 3.